The molecule has 1 atom stereocenters. The van der Waals surface area contributed by atoms with E-state index >= 15 is 0 Å². The third-order valence-corrected chi connectivity index (χ3v) is 4.11. The van der Waals surface area contributed by atoms with Crippen molar-refractivity contribution in [3.8, 4) is 5.69 Å². The van der Waals surface area contributed by atoms with E-state index in [4.69, 9.17) is 0 Å². The lowest BCUT2D eigenvalue weighted by Crippen LogP contribution is -2.52. The average Bonchev–Trinajstić information content (AvgIpc) is 2.96. The molecule has 0 bridgehead atoms. The molecule has 1 aromatic heterocycles. The lowest BCUT2D eigenvalue weighted by Gasteiger charge is -2.29. The molecule has 2 aromatic rings. The Morgan fingerprint density at radius 2 is 2.00 bits per heavy atom. The van der Waals surface area contributed by atoms with Gasteiger partial charge in [0.15, 0.2) is 5.69 Å². The number of imide groups is 1. The molecule has 24 heavy (non-hydrogen) atoms. The summed E-state index contributed by atoms with van der Waals surface area (Å²) in [5.74, 6) is -1.09. The molecule has 1 saturated heterocycles. The van der Waals surface area contributed by atoms with Crippen LogP contribution < -0.4 is 5.32 Å². The molecule has 0 aliphatic carbocycles. The van der Waals surface area contributed by atoms with E-state index in [1.165, 1.54) is 4.90 Å². The highest BCUT2D eigenvalue weighted by atomic mass is 16.2. The van der Waals surface area contributed by atoms with E-state index in [1.54, 1.807) is 17.8 Å². The van der Waals surface area contributed by atoms with Crippen LogP contribution in [0.3, 0.4) is 0 Å². The number of nitrogens with one attached hydrogen (secondary N) is 1. The van der Waals surface area contributed by atoms with Gasteiger partial charge in [0.05, 0.1) is 5.69 Å². The molecule has 0 spiro atoms. The molecule has 1 aromatic carbocycles. The number of hydrogen-bond donors (Lipinski definition) is 1. The molecule has 3 rings (SSSR count). The summed E-state index contributed by atoms with van der Waals surface area (Å²) in [5, 5.41) is 6.62. The van der Waals surface area contributed by atoms with Crippen molar-refractivity contribution in [1.82, 2.24) is 20.0 Å². The fourth-order valence-electron chi connectivity index (χ4n) is 2.78. The number of para-hydroxylation sites is 1. The van der Waals surface area contributed by atoms with Gasteiger partial charge in [-0.2, -0.15) is 5.10 Å². The Morgan fingerprint density at radius 1 is 1.29 bits per heavy atom. The first-order chi connectivity index (χ1) is 11.5. The highest BCUT2D eigenvalue weighted by Crippen LogP contribution is 2.16. The standard InChI is InChI=1S/C17H18N4O3/c1-11-10-13(19-21(11)12-6-4-3-5-7-12)17(24)20(2)14-8-9-15(22)18-16(14)23/h3-7,10,14H,8-9H2,1-2H3,(H,18,22,23). The first kappa shape index (κ1) is 15.9. The Hall–Kier alpha value is -2.96. The minimum atomic E-state index is -0.655. The van der Waals surface area contributed by atoms with Crippen LogP contribution in [0.5, 0.6) is 0 Å². The Kier molecular flexibility index (Phi) is 4.16. The summed E-state index contributed by atoms with van der Waals surface area (Å²) >= 11 is 0. The smallest absolute Gasteiger partial charge is 0.274 e. The Balaban J connectivity index is 1.83. The van der Waals surface area contributed by atoms with Gasteiger partial charge in [-0.05, 0) is 31.5 Å². The van der Waals surface area contributed by atoms with Gasteiger partial charge in [0.25, 0.3) is 5.91 Å². The van der Waals surface area contributed by atoms with Crippen LogP contribution in [0.1, 0.15) is 29.0 Å². The van der Waals surface area contributed by atoms with Gasteiger partial charge in [0, 0.05) is 19.2 Å². The van der Waals surface area contributed by atoms with Crippen LogP contribution >= 0.6 is 0 Å². The van der Waals surface area contributed by atoms with E-state index in [1.807, 2.05) is 37.3 Å². The number of hydrogen-bond acceptors (Lipinski definition) is 4. The second-order valence-electron chi connectivity index (χ2n) is 5.80. The minimum Gasteiger partial charge on any atom is -0.328 e. The predicted molar refractivity (Wildman–Crippen MR) is 86.6 cm³/mol. The molecular formula is C17H18N4O3. The van der Waals surface area contributed by atoms with Crippen LogP contribution in [-0.4, -0.2) is 45.5 Å². The molecule has 7 heteroatoms. The lowest BCUT2D eigenvalue weighted by molar-refractivity contribution is -0.136. The number of piperidine rings is 1. The fraction of sp³-hybridized carbons (Fsp3) is 0.294. The van der Waals surface area contributed by atoms with Gasteiger partial charge in [0.2, 0.25) is 11.8 Å². The van der Waals surface area contributed by atoms with Crippen molar-refractivity contribution in [1.29, 1.82) is 0 Å². The maximum absolute atomic E-state index is 12.7. The third-order valence-electron chi connectivity index (χ3n) is 4.11. The van der Waals surface area contributed by atoms with Gasteiger partial charge in [-0.25, -0.2) is 4.68 Å². The Bertz CT molecular complexity index is 797. The topological polar surface area (TPSA) is 84.3 Å². The minimum absolute atomic E-state index is 0.228. The van der Waals surface area contributed by atoms with Gasteiger partial charge in [0.1, 0.15) is 6.04 Å². The molecule has 7 nitrogen and oxygen atoms in total. The highest BCUT2D eigenvalue weighted by Gasteiger charge is 2.33. The zero-order valence-corrected chi connectivity index (χ0v) is 13.5. The van der Waals surface area contributed by atoms with Gasteiger partial charge in [-0.1, -0.05) is 18.2 Å². The van der Waals surface area contributed by atoms with Gasteiger partial charge in [-0.3, -0.25) is 19.7 Å². The molecule has 1 N–H and O–H groups in total. The zero-order chi connectivity index (χ0) is 17.3. The summed E-state index contributed by atoms with van der Waals surface area (Å²) in [6.07, 6.45) is 0.552. The number of carbonyl (C=O) groups excluding carboxylic acids is 3. The first-order valence-corrected chi connectivity index (χ1v) is 7.70. The first-order valence-electron chi connectivity index (χ1n) is 7.70. The second-order valence-corrected chi connectivity index (χ2v) is 5.80. The van der Waals surface area contributed by atoms with Crippen molar-refractivity contribution in [2.45, 2.75) is 25.8 Å². The summed E-state index contributed by atoms with van der Waals surface area (Å²) in [7, 11) is 1.55. The summed E-state index contributed by atoms with van der Waals surface area (Å²) in [4.78, 5) is 37.2. The normalized spacial score (nSPS) is 17.5. The van der Waals surface area contributed by atoms with Crippen LogP contribution in [0.4, 0.5) is 0 Å². The largest absolute Gasteiger partial charge is 0.328 e. The highest BCUT2D eigenvalue weighted by molar-refractivity contribution is 6.03. The molecule has 124 valence electrons. The van der Waals surface area contributed by atoms with E-state index in [0.29, 0.717) is 6.42 Å². The van der Waals surface area contributed by atoms with Crippen LogP contribution in [0.15, 0.2) is 36.4 Å². The second kappa shape index (κ2) is 6.27. The lowest BCUT2D eigenvalue weighted by atomic mass is 10.0. The Labute approximate surface area is 139 Å². The van der Waals surface area contributed by atoms with Crippen molar-refractivity contribution >= 4 is 17.7 Å². The van der Waals surface area contributed by atoms with E-state index in [9.17, 15) is 14.4 Å². The van der Waals surface area contributed by atoms with Crippen LogP contribution in [-0.2, 0) is 9.59 Å². The van der Waals surface area contributed by atoms with Crippen LogP contribution in [0.25, 0.3) is 5.69 Å². The number of benzene rings is 1. The summed E-state index contributed by atoms with van der Waals surface area (Å²) < 4.78 is 1.69. The van der Waals surface area contributed by atoms with Crippen molar-refractivity contribution in [3.05, 3.63) is 47.8 Å². The van der Waals surface area contributed by atoms with Crippen molar-refractivity contribution in [2.75, 3.05) is 7.05 Å². The summed E-state index contributed by atoms with van der Waals surface area (Å²) in [6, 6.07) is 10.5. The third kappa shape index (κ3) is 2.92. The maximum atomic E-state index is 12.7. The molecular weight excluding hydrogens is 308 g/mol. The van der Waals surface area contributed by atoms with E-state index in [2.05, 4.69) is 10.4 Å². The number of aromatic nitrogens is 2. The van der Waals surface area contributed by atoms with Gasteiger partial charge >= 0.3 is 0 Å². The van der Waals surface area contributed by atoms with Gasteiger partial charge in [-0.15, -0.1) is 0 Å². The Morgan fingerprint density at radius 3 is 2.67 bits per heavy atom. The van der Waals surface area contributed by atoms with Gasteiger partial charge < -0.3 is 4.90 Å². The number of rotatable bonds is 3. The number of likely N-dealkylation sites (N-methyl/N-ethyl adjacent to an activating group) is 1. The molecule has 1 aliphatic heterocycles. The number of aryl methyl sites for hydroxylation is 1. The van der Waals surface area contributed by atoms with Crippen LogP contribution in [0.2, 0.25) is 0 Å². The van der Waals surface area contributed by atoms with Crippen molar-refractivity contribution in [3.63, 3.8) is 0 Å². The molecule has 0 radical (unpaired) electrons. The van der Waals surface area contributed by atoms with Crippen molar-refractivity contribution < 1.29 is 14.4 Å². The number of carbonyl (C=O) groups is 3. The molecule has 0 saturated carbocycles. The monoisotopic (exact) mass is 326 g/mol. The quantitative estimate of drug-likeness (QED) is 0.855. The fourth-order valence-corrected chi connectivity index (χ4v) is 2.78. The van der Waals surface area contributed by atoms with E-state index in [0.717, 1.165) is 11.4 Å². The van der Waals surface area contributed by atoms with Crippen LogP contribution in [0, 0.1) is 6.92 Å². The molecule has 2 heterocycles. The summed E-state index contributed by atoms with van der Waals surface area (Å²) in [5.41, 5.74) is 1.95. The SMILES string of the molecule is Cc1cc(C(=O)N(C)C2CCC(=O)NC2=O)nn1-c1ccccc1. The number of amides is 3. The summed E-state index contributed by atoms with van der Waals surface area (Å²) in [6.45, 7) is 1.86. The number of nitrogens with zero attached hydrogens (tertiary/aromatic N) is 3. The molecule has 1 unspecified atom stereocenters. The van der Waals surface area contributed by atoms with E-state index < -0.39 is 11.9 Å². The average molecular weight is 326 g/mol. The zero-order valence-electron chi connectivity index (χ0n) is 13.5. The van der Waals surface area contributed by atoms with E-state index in [-0.39, 0.29) is 23.9 Å². The molecule has 1 aliphatic rings. The van der Waals surface area contributed by atoms with Crippen molar-refractivity contribution in [2.24, 2.45) is 0 Å². The molecule has 3 amide bonds. The molecule has 1 fully saturated rings. The maximum Gasteiger partial charge on any atom is 0.274 e. The predicted octanol–water partition coefficient (Wildman–Crippen LogP) is 1.06.